The number of benzene rings is 1. The first-order chi connectivity index (χ1) is 10.6. The molecule has 126 valence electrons. The third-order valence-corrected chi connectivity index (χ3v) is 4.02. The second-order valence-electron chi connectivity index (χ2n) is 7.75. The first-order valence-corrected chi connectivity index (χ1v) is 8.40. The topological polar surface area (TPSA) is 38.1 Å². The molecule has 1 heterocycles. The highest BCUT2D eigenvalue weighted by Gasteiger charge is 2.26. The minimum Gasteiger partial charge on any atom is -0.336 e. The second-order valence-corrected chi connectivity index (χ2v) is 7.75. The maximum Gasteiger partial charge on any atom is 0.243 e. The zero-order valence-corrected chi connectivity index (χ0v) is 15.4. The van der Waals surface area contributed by atoms with Gasteiger partial charge in [-0.2, -0.15) is 0 Å². The first-order valence-electron chi connectivity index (χ1n) is 8.40. The Balaban J connectivity index is 2.48. The van der Waals surface area contributed by atoms with Crippen LogP contribution in [0.25, 0.3) is 11.0 Å². The van der Waals surface area contributed by atoms with Crippen LogP contribution in [0.5, 0.6) is 0 Å². The standard InChI is InChI=1S/C19H29N3O/c1-13(2)22(14(3)4)17(23)12-21-16-11-9-8-10-15(16)20-18(21)19(5,6)7/h8-11,13-14H,12H2,1-7H3. The summed E-state index contributed by atoms with van der Waals surface area (Å²) in [6.07, 6.45) is 0. The van der Waals surface area contributed by atoms with E-state index in [-0.39, 0.29) is 23.4 Å². The van der Waals surface area contributed by atoms with Gasteiger partial charge in [0.1, 0.15) is 12.4 Å². The molecule has 1 amide bonds. The highest BCUT2D eigenvalue weighted by molar-refractivity contribution is 5.81. The number of fused-ring (bicyclic) bond motifs is 1. The lowest BCUT2D eigenvalue weighted by atomic mass is 9.95. The number of carbonyl (C=O) groups excluding carboxylic acids is 1. The first kappa shape index (κ1) is 17.5. The van der Waals surface area contributed by atoms with Crippen LogP contribution in [0, 0.1) is 0 Å². The molecule has 1 aromatic heterocycles. The molecule has 4 heteroatoms. The van der Waals surface area contributed by atoms with E-state index in [2.05, 4.69) is 53.0 Å². The molecule has 0 aliphatic carbocycles. The SMILES string of the molecule is CC(C)N(C(=O)Cn1c(C(C)(C)C)nc2ccccc21)C(C)C. The van der Waals surface area contributed by atoms with E-state index in [1.807, 2.05) is 29.2 Å². The fourth-order valence-corrected chi connectivity index (χ4v) is 3.20. The van der Waals surface area contributed by atoms with Crippen molar-refractivity contribution in [3.05, 3.63) is 30.1 Å². The third kappa shape index (κ3) is 3.57. The predicted octanol–water partition coefficient (Wildman–Crippen LogP) is 3.98. The van der Waals surface area contributed by atoms with Gasteiger partial charge in [-0.15, -0.1) is 0 Å². The summed E-state index contributed by atoms with van der Waals surface area (Å²) in [7, 11) is 0. The van der Waals surface area contributed by atoms with Gasteiger partial charge in [-0.25, -0.2) is 4.98 Å². The molecule has 0 aliphatic heterocycles. The summed E-state index contributed by atoms with van der Waals surface area (Å²) >= 11 is 0. The van der Waals surface area contributed by atoms with Gasteiger partial charge < -0.3 is 9.47 Å². The number of para-hydroxylation sites is 2. The Labute approximate surface area is 139 Å². The molecular weight excluding hydrogens is 286 g/mol. The molecular formula is C19H29N3O. The monoisotopic (exact) mass is 315 g/mol. The van der Waals surface area contributed by atoms with Crippen molar-refractivity contribution in [1.29, 1.82) is 0 Å². The molecule has 0 unspecified atom stereocenters. The summed E-state index contributed by atoms with van der Waals surface area (Å²) in [5, 5.41) is 0. The molecule has 2 rings (SSSR count). The third-order valence-electron chi connectivity index (χ3n) is 4.02. The van der Waals surface area contributed by atoms with Crippen molar-refractivity contribution in [2.45, 2.75) is 72.5 Å². The van der Waals surface area contributed by atoms with Crippen LogP contribution < -0.4 is 0 Å². The molecule has 0 bridgehead atoms. The molecule has 2 aromatic rings. The molecule has 0 atom stereocenters. The maximum absolute atomic E-state index is 12.9. The molecule has 0 aliphatic rings. The van der Waals surface area contributed by atoms with Gasteiger partial charge in [0.15, 0.2) is 0 Å². The molecule has 23 heavy (non-hydrogen) atoms. The highest BCUT2D eigenvalue weighted by Crippen LogP contribution is 2.26. The Morgan fingerprint density at radius 2 is 1.70 bits per heavy atom. The minimum atomic E-state index is -0.111. The molecule has 0 N–H and O–H groups in total. The Hall–Kier alpha value is -1.84. The Morgan fingerprint density at radius 3 is 2.22 bits per heavy atom. The largest absolute Gasteiger partial charge is 0.336 e. The van der Waals surface area contributed by atoms with E-state index in [1.165, 1.54) is 0 Å². The quantitative estimate of drug-likeness (QED) is 0.856. The van der Waals surface area contributed by atoms with Crippen molar-refractivity contribution >= 4 is 16.9 Å². The van der Waals surface area contributed by atoms with Crippen molar-refractivity contribution in [2.75, 3.05) is 0 Å². The fraction of sp³-hybridized carbons (Fsp3) is 0.579. The van der Waals surface area contributed by atoms with Crippen molar-refractivity contribution in [2.24, 2.45) is 0 Å². The van der Waals surface area contributed by atoms with Crippen LogP contribution in [0.1, 0.15) is 54.3 Å². The van der Waals surface area contributed by atoms with Crippen LogP contribution in [0.3, 0.4) is 0 Å². The van der Waals surface area contributed by atoms with Gasteiger partial charge in [0.2, 0.25) is 5.91 Å². The van der Waals surface area contributed by atoms with Crippen LogP contribution in [0.2, 0.25) is 0 Å². The maximum atomic E-state index is 12.9. The average Bonchev–Trinajstić information content (AvgIpc) is 2.77. The van der Waals surface area contributed by atoms with Crippen LogP contribution in [-0.2, 0) is 16.8 Å². The Bertz CT molecular complexity index is 684. The highest BCUT2D eigenvalue weighted by atomic mass is 16.2. The van der Waals surface area contributed by atoms with E-state index >= 15 is 0 Å². The smallest absolute Gasteiger partial charge is 0.243 e. The van der Waals surface area contributed by atoms with E-state index in [9.17, 15) is 4.79 Å². The van der Waals surface area contributed by atoms with E-state index in [1.54, 1.807) is 0 Å². The van der Waals surface area contributed by atoms with Crippen LogP contribution in [0.4, 0.5) is 0 Å². The van der Waals surface area contributed by atoms with Crippen molar-refractivity contribution < 1.29 is 4.79 Å². The van der Waals surface area contributed by atoms with Gasteiger partial charge >= 0.3 is 0 Å². The molecule has 0 saturated carbocycles. The summed E-state index contributed by atoms with van der Waals surface area (Å²) in [5.74, 6) is 1.10. The number of nitrogens with zero attached hydrogens (tertiary/aromatic N) is 3. The van der Waals surface area contributed by atoms with Gasteiger partial charge in [0, 0.05) is 17.5 Å². The summed E-state index contributed by atoms with van der Waals surface area (Å²) in [4.78, 5) is 19.6. The second kappa shape index (κ2) is 6.34. The van der Waals surface area contributed by atoms with Crippen LogP contribution in [0.15, 0.2) is 24.3 Å². The summed E-state index contributed by atoms with van der Waals surface area (Å²) in [5.41, 5.74) is 1.86. The van der Waals surface area contributed by atoms with E-state index in [4.69, 9.17) is 4.98 Å². The number of aromatic nitrogens is 2. The van der Waals surface area contributed by atoms with E-state index in [0.29, 0.717) is 6.54 Å². The molecule has 1 aromatic carbocycles. The number of rotatable bonds is 4. The molecule has 4 nitrogen and oxygen atoms in total. The fourth-order valence-electron chi connectivity index (χ4n) is 3.20. The zero-order valence-electron chi connectivity index (χ0n) is 15.4. The van der Waals surface area contributed by atoms with E-state index in [0.717, 1.165) is 16.9 Å². The number of imidazole rings is 1. The lowest BCUT2D eigenvalue weighted by Crippen LogP contribution is -2.44. The van der Waals surface area contributed by atoms with Gasteiger partial charge in [0.05, 0.1) is 11.0 Å². The zero-order chi connectivity index (χ0) is 17.4. The van der Waals surface area contributed by atoms with Crippen LogP contribution in [-0.4, -0.2) is 32.4 Å². The van der Waals surface area contributed by atoms with Gasteiger partial charge in [-0.05, 0) is 39.8 Å². The van der Waals surface area contributed by atoms with E-state index < -0.39 is 0 Å². The lowest BCUT2D eigenvalue weighted by Gasteiger charge is -2.31. The van der Waals surface area contributed by atoms with Gasteiger partial charge in [0.25, 0.3) is 0 Å². The Kier molecular flexibility index (Phi) is 4.83. The lowest BCUT2D eigenvalue weighted by molar-refractivity contribution is -0.135. The van der Waals surface area contributed by atoms with Gasteiger partial charge in [-0.1, -0.05) is 32.9 Å². The van der Waals surface area contributed by atoms with Crippen molar-refractivity contribution in [3.63, 3.8) is 0 Å². The van der Waals surface area contributed by atoms with Crippen LogP contribution >= 0.6 is 0 Å². The molecule has 0 fully saturated rings. The number of amides is 1. The Morgan fingerprint density at radius 1 is 1.13 bits per heavy atom. The molecule has 0 saturated heterocycles. The normalized spacial score (nSPS) is 12.4. The number of hydrogen-bond donors (Lipinski definition) is 0. The summed E-state index contributed by atoms with van der Waals surface area (Å²) < 4.78 is 2.08. The molecule has 0 radical (unpaired) electrons. The summed E-state index contributed by atoms with van der Waals surface area (Å²) in [6, 6.07) is 8.42. The average molecular weight is 315 g/mol. The number of carbonyl (C=O) groups is 1. The predicted molar refractivity (Wildman–Crippen MR) is 95.6 cm³/mol. The molecule has 0 spiro atoms. The minimum absolute atomic E-state index is 0.111. The van der Waals surface area contributed by atoms with Gasteiger partial charge in [-0.3, -0.25) is 4.79 Å². The van der Waals surface area contributed by atoms with Crippen molar-refractivity contribution in [1.82, 2.24) is 14.5 Å². The summed E-state index contributed by atoms with van der Waals surface area (Å²) in [6.45, 7) is 15.0. The number of hydrogen-bond acceptors (Lipinski definition) is 2. The van der Waals surface area contributed by atoms with Crippen molar-refractivity contribution in [3.8, 4) is 0 Å².